The lowest BCUT2D eigenvalue weighted by Crippen LogP contribution is -3.13. The largest absolute Gasteiger partial charge is 0.496 e. The first-order valence-corrected chi connectivity index (χ1v) is 9.34. The summed E-state index contributed by atoms with van der Waals surface area (Å²) in [5.74, 6) is 1.01. The summed E-state index contributed by atoms with van der Waals surface area (Å²) in [6, 6.07) is 16.2. The predicted octanol–water partition coefficient (Wildman–Crippen LogP) is 1.78. The van der Waals surface area contributed by atoms with Crippen LogP contribution >= 0.6 is 0 Å². The first-order valence-electron chi connectivity index (χ1n) is 9.34. The number of amides is 1. The van der Waals surface area contributed by atoms with Gasteiger partial charge in [0.1, 0.15) is 12.3 Å². The predicted molar refractivity (Wildman–Crippen MR) is 105 cm³/mol. The van der Waals surface area contributed by atoms with Gasteiger partial charge in [-0.15, -0.1) is 0 Å². The summed E-state index contributed by atoms with van der Waals surface area (Å²) in [6.07, 6.45) is 3.33. The van der Waals surface area contributed by atoms with Crippen LogP contribution in [0.4, 0.5) is 0 Å². The quantitative estimate of drug-likeness (QED) is 0.770. The number of methoxy groups -OCH3 is 1. The number of hydrogen-bond acceptors (Lipinski definition) is 3. The Labute approximate surface area is 159 Å². The van der Waals surface area contributed by atoms with Gasteiger partial charge in [-0.3, -0.25) is 9.78 Å². The van der Waals surface area contributed by atoms with E-state index < -0.39 is 0 Å². The molecule has 4 rings (SSSR count). The summed E-state index contributed by atoms with van der Waals surface area (Å²) >= 11 is 0. The lowest BCUT2D eigenvalue weighted by Gasteiger charge is -2.32. The van der Waals surface area contributed by atoms with Crippen LogP contribution in [-0.2, 0) is 6.54 Å². The molecule has 27 heavy (non-hydrogen) atoms. The van der Waals surface area contributed by atoms with E-state index in [1.165, 1.54) is 21.2 Å². The number of fused-ring (bicyclic) bond motifs is 1. The third kappa shape index (κ3) is 3.64. The number of aromatic nitrogens is 1. The number of quaternary nitrogens is 1. The highest BCUT2D eigenvalue weighted by molar-refractivity contribution is 5.93. The zero-order valence-electron chi connectivity index (χ0n) is 15.5. The van der Waals surface area contributed by atoms with Crippen molar-refractivity contribution in [3.8, 4) is 5.75 Å². The number of rotatable bonds is 4. The zero-order valence-corrected chi connectivity index (χ0v) is 15.5. The number of carbonyl (C=O) groups is 1. The van der Waals surface area contributed by atoms with E-state index in [9.17, 15) is 4.79 Å². The number of pyridine rings is 1. The molecule has 0 spiro atoms. The Hall–Kier alpha value is -2.92. The summed E-state index contributed by atoms with van der Waals surface area (Å²) in [4.78, 5) is 20.1. The zero-order chi connectivity index (χ0) is 18.6. The molecule has 5 nitrogen and oxygen atoms in total. The van der Waals surface area contributed by atoms with Gasteiger partial charge in [0.05, 0.1) is 44.4 Å². The Balaban J connectivity index is 1.47. The number of nitrogens with one attached hydrogen (secondary N) is 1. The van der Waals surface area contributed by atoms with Gasteiger partial charge in [-0.05, 0) is 29.0 Å². The van der Waals surface area contributed by atoms with Crippen LogP contribution in [0.1, 0.15) is 15.9 Å². The molecule has 0 aliphatic carbocycles. The molecular weight excluding hydrogens is 338 g/mol. The number of hydrogen-bond donors (Lipinski definition) is 1. The van der Waals surface area contributed by atoms with E-state index in [0.29, 0.717) is 5.56 Å². The van der Waals surface area contributed by atoms with Gasteiger partial charge in [0.25, 0.3) is 5.91 Å². The molecule has 0 atom stereocenters. The van der Waals surface area contributed by atoms with Crippen LogP contribution < -0.4 is 9.64 Å². The minimum Gasteiger partial charge on any atom is -0.496 e. The molecular formula is C22H24N3O2+. The summed E-state index contributed by atoms with van der Waals surface area (Å²) in [7, 11) is 1.73. The maximum Gasteiger partial charge on any atom is 0.255 e. The molecule has 2 aromatic carbocycles. The molecule has 2 heterocycles. The SMILES string of the molecule is COc1ccc2ccccc2c1C[NH+]1CCN(C(=O)c2cccnc2)CC1. The Morgan fingerprint density at radius 2 is 1.93 bits per heavy atom. The van der Waals surface area contributed by atoms with Crippen LogP contribution in [0.5, 0.6) is 5.75 Å². The second-order valence-electron chi connectivity index (χ2n) is 6.93. The molecule has 1 fully saturated rings. The first-order chi connectivity index (χ1) is 13.3. The Kier molecular flexibility index (Phi) is 5.03. The molecule has 1 aromatic heterocycles. The van der Waals surface area contributed by atoms with Crippen molar-refractivity contribution in [3.05, 3.63) is 72.1 Å². The van der Waals surface area contributed by atoms with E-state index in [4.69, 9.17) is 4.74 Å². The van der Waals surface area contributed by atoms with Crippen LogP contribution in [0, 0.1) is 0 Å². The second-order valence-corrected chi connectivity index (χ2v) is 6.93. The standard InChI is InChI=1S/C22H23N3O2/c1-27-21-9-8-17-5-2-3-7-19(17)20(21)16-24-11-13-25(14-12-24)22(26)18-6-4-10-23-15-18/h2-10,15H,11-14,16H2,1H3/p+1. The molecule has 1 aliphatic heterocycles. The van der Waals surface area contributed by atoms with Gasteiger partial charge in [-0.25, -0.2) is 0 Å². The van der Waals surface area contributed by atoms with E-state index in [-0.39, 0.29) is 5.91 Å². The van der Waals surface area contributed by atoms with Gasteiger partial charge < -0.3 is 14.5 Å². The third-order valence-corrected chi connectivity index (χ3v) is 5.31. The van der Waals surface area contributed by atoms with E-state index in [1.807, 2.05) is 17.0 Å². The lowest BCUT2D eigenvalue weighted by molar-refractivity contribution is -0.917. The molecule has 5 heteroatoms. The molecule has 138 valence electrons. The van der Waals surface area contributed by atoms with Crippen LogP contribution in [-0.4, -0.2) is 49.1 Å². The molecule has 1 aliphatic rings. The summed E-state index contributed by atoms with van der Waals surface area (Å²) in [5, 5.41) is 2.48. The van der Waals surface area contributed by atoms with Crippen LogP contribution in [0.2, 0.25) is 0 Å². The van der Waals surface area contributed by atoms with Gasteiger partial charge in [-0.2, -0.15) is 0 Å². The summed E-state index contributed by atoms with van der Waals surface area (Å²) < 4.78 is 5.63. The number of nitrogens with zero attached hydrogens (tertiary/aromatic N) is 2. The van der Waals surface area contributed by atoms with Crippen molar-refractivity contribution < 1.29 is 14.4 Å². The Bertz CT molecular complexity index is 935. The molecule has 1 amide bonds. The highest BCUT2D eigenvalue weighted by Crippen LogP contribution is 2.27. The molecule has 3 aromatic rings. The number of ether oxygens (including phenoxy) is 1. The van der Waals surface area contributed by atoms with E-state index >= 15 is 0 Å². The first kappa shape index (κ1) is 17.5. The van der Waals surface area contributed by atoms with Crippen LogP contribution in [0.3, 0.4) is 0 Å². The van der Waals surface area contributed by atoms with Crippen molar-refractivity contribution >= 4 is 16.7 Å². The molecule has 0 bridgehead atoms. The van der Waals surface area contributed by atoms with Gasteiger partial charge in [-0.1, -0.05) is 30.3 Å². The van der Waals surface area contributed by atoms with Crippen molar-refractivity contribution in [1.29, 1.82) is 0 Å². The molecule has 0 saturated carbocycles. The maximum absolute atomic E-state index is 12.6. The fourth-order valence-electron chi connectivity index (χ4n) is 3.81. The average Bonchev–Trinajstić information content (AvgIpc) is 2.74. The number of piperazine rings is 1. The van der Waals surface area contributed by atoms with Crippen molar-refractivity contribution in [2.75, 3.05) is 33.3 Å². The summed E-state index contributed by atoms with van der Waals surface area (Å²) in [6.45, 7) is 4.28. The van der Waals surface area contributed by atoms with Crippen molar-refractivity contribution in [1.82, 2.24) is 9.88 Å². The second kappa shape index (κ2) is 7.76. The van der Waals surface area contributed by atoms with Crippen molar-refractivity contribution in [2.45, 2.75) is 6.54 Å². The smallest absolute Gasteiger partial charge is 0.255 e. The molecule has 1 N–H and O–H groups in total. The Morgan fingerprint density at radius 1 is 1.11 bits per heavy atom. The fourth-order valence-corrected chi connectivity index (χ4v) is 3.81. The van der Waals surface area contributed by atoms with Gasteiger partial charge in [0.15, 0.2) is 0 Å². The van der Waals surface area contributed by atoms with Gasteiger partial charge in [0.2, 0.25) is 0 Å². The van der Waals surface area contributed by atoms with E-state index in [2.05, 4.69) is 41.4 Å². The summed E-state index contributed by atoms with van der Waals surface area (Å²) in [5.41, 5.74) is 1.91. The van der Waals surface area contributed by atoms with Crippen molar-refractivity contribution in [3.63, 3.8) is 0 Å². The number of benzene rings is 2. The van der Waals surface area contributed by atoms with E-state index in [1.54, 1.807) is 19.5 Å². The van der Waals surface area contributed by atoms with Crippen LogP contribution in [0.25, 0.3) is 10.8 Å². The minimum atomic E-state index is 0.0740. The topological polar surface area (TPSA) is 46.9 Å². The average molecular weight is 362 g/mol. The van der Waals surface area contributed by atoms with Crippen molar-refractivity contribution in [2.24, 2.45) is 0 Å². The highest BCUT2D eigenvalue weighted by atomic mass is 16.5. The van der Waals surface area contributed by atoms with Crippen LogP contribution in [0.15, 0.2) is 60.9 Å². The van der Waals surface area contributed by atoms with E-state index in [0.717, 1.165) is 38.5 Å². The normalized spacial score (nSPS) is 15.1. The third-order valence-electron chi connectivity index (χ3n) is 5.31. The maximum atomic E-state index is 12.6. The number of carbonyl (C=O) groups excluding carboxylic acids is 1. The monoisotopic (exact) mass is 362 g/mol. The van der Waals surface area contributed by atoms with Gasteiger partial charge in [0, 0.05) is 12.4 Å². The Morgan fingerprint density at radius 3 is 2.67 bits per heavy atom. The molecule has 1 saturated heterocycles. The molecule has 0 radical (unpaired) electrons. The minimum absolute atomic E-state index is 0.0740. The molecule has 0 unspecified atom stereocenters. The van der Waals surface area contributed by atoms with Gasteiger partial charge >= 0.3 is 0 Å². The highest BCUT2D eigenvalue weighted by Gasteiger charge is 2.26. The fraction of sp³-hybridized carbons (Fsp3) is 0.273. The lowest BCUT2D eigenvalue weighted by atomic mass is 10.0.